The van der Waals surface area contributed by atoms with E-state index < -0.39 is 0 Å². The molecule has 0 unspecified atom stereocenters. The molecule has 1 aliphatic rings. The molecule has 0 bridgehead atoms. The van der Waals surface area contributed by atoms with E-state index in [1.54, 1.807) is 18.3 Å². The van der Waals surface area contributed by atoms with Crippen LogP contribution in [0, 0.1) is 12.7 Å². The van der Waals surface area contributed by atoms with Crippen LogP contribution in [0.3, 0.4) is 0 Å². The van der Waals surface area contributed by atoms with E-state index in [1.165, 1.54) is 29.0 Å². The van der Waals surface area contributed by atoms with Gasteiger partial charge in [-0.25, -0.2) is 9.37 Å². The average molecular weight is 427 g/mol. The number of pyridine rings is 1. The number of amides is 1. The third-order valence-electron chi connectivity index (χ3n) is 5.00. The number of thiazole rings is 1. The lowest BCUT2D eigenvalue weighted by Crippen LogP contribution is -2.48. The van der Waals surface area contributed by atoms with Crippen LogP contribution in [0.15, 0.2) is 48.8 Å². The molecule has 1 saturated heterocycles. The fourth-order valence-corrected chi connectivity index (χ4v) is 4.34. The highest BCUT2D eigenvalue weighted by Crippen LogP contribution is 2.23. The van der Waals surface area contributed by atoms with Gasteiger partial charge in [-0.3, -0.25) is 14.7 Å². The fraction of sp³-hybridized carbons (Fsp3) is 0.318. The first-order valence-corrected chi connectivity index (χ1v) is 10.7. The predicted octanol–water partition coefficient (Wildman–Crippen LogP) is 3.52. The molecule has 30 heavy (non-hydrogen) atoms. The molecule has 3 heterocycles. The Morgan fingerprint density at radius 2 is 1.93 bits per heavy atom. The van der Waals surface area contributed by atoms with Crippen molar-refractivity contribution >= 4 is 17.2 Å². The summed E-state index contributed by atoms with van der Waals surface area (Å²) in [6, 6.07) is 9.87. The molecule has 3 aromatic rings. The maximum absolute atomic E-state index is 13.0. The Morgan fingerprint density at radius 3 is 2.63 bits per heavy atom. The Labute approximate surface area is 178 Å². The number of rotatable bonds is 6. The van der Waals surface area contributed by atoms with Crippen LogP contribution in [0.4, 0.5) is 4.39 Å². The van der Waals surface area contributed by atoms with Crippen molar-refractivity contribution in [2.45, 2.75) is 20.1 Å². The summed E-state index contributed by atoms with van der Waals surface area (Å²) in [7, 11) is 0. The van der Waals surface area contributed by atoms with E-state index >= 15 is 0 Å². The fourth-order valence-electron chi connectivity index (χ4n) is 3.39. The minimum Gasteiger partial charge on any atom is -0.486 e. The van der Waals surface area contributed by atoms with Crippen molar-refractivity contribution in [1.29, 1.82) is 0 Å². The summed E-state index contributed by atoms with van der Waals surface area (Å²) in [6.45, 7) is 6.00. The van der Waals surface area contributed by atoms with Gasteiger partial charge in [0.2, 0.25) is 0 Å². The Bertz CT molecular complexity index is 986. The topological polar surface area (TPSA) is 58.6 Å². The van der Waals surface area contributed by atoms with Gasteiger partial charge in [0.25, 0.3) is 5.91 Å². The van der Waals surface area contributed by atoms with Crippen LogP contribution in [0.5, 0.6) is 5.75 Å². The molecule has 0 saturated carbocycles. The summed E-state index contributed by atoms with van der Waals surface area (Å²) in [5.74, 6) is 0.293. The van der Waals surface area contributed by atoms with Crippen molar-refractivity contribution in [1.82, 2.24) is 19.8 Å². The van der Waals surface area contributed by atoms with Gasteiger partial charge in [0.15, 0.2) is 0 Å². The molecule has 1 aliphatic heterocycles. The van der Waals surface area contributed by atoms with Gasteiger partial charge in [0, 0.05) is 45.1 Å². The van der Waals surface area contributed by atoms with Crippen molar-refractivity contribution in [3.63, 3.8) is 0 Å². The van der Waals surface area contributed by atoms with E-state index in [0.717, 1.165) is 30.3 Å². The molecule has 0 spiro atoms. The number of benzene rings is 1. The zero-order valence-electron chi connectivity index (χ0n) is 16.8. The molecule has 4 rings (SSSR count). The van der Waals surface area contributed by atoms with Crippen LogP contribution in [-0.2, 0) is 13.2 Å². The number of nitrogens with zero attached hydrogens (tertiary/aromatic N) is 4. The van der Waals surface area contributed by atoms with Crippen LogP contribution < -0.4 is 4.74 Å². The molecule has 0 atom stereocenters. The Morgan fingerprint density at radius 1 is 1.17 bits per heavy atom. The van der Waals surface area contributed by atoms with Crippen molar-refractivity contribution in [2.75, 3.05) is 26.2 Å². The summed E-state index contributed by atoms with van der Waals surface area (Å²) in [6.07, 6.45) is 3.66. The first-order chi connectivity index (χ1) is 14.6. The van der Waals surface area contributed by atoms with Crippen LogP contribution in [-0.4, -0.2) is 51.9 Å². The Balaban J connectivity index is 1.32. The molecule has 2 aromatic heterocycles. The predicted molar refractivity (Wildman–Crippen MR) is 113 cm³/mol. The van der Waals surface area contributed by atoms with Crippen LogP contribution in [0.1, 0.15) is 25.9 Å². The first-order valence-electron chi connectivity index (χ1n) is 9.84. The van der Waals surface area contributed by atoms with Gasteiger partial charge in [0.1, 0.15) is 28.1 Å². The lowest BCUT2D eigenvalue weighted by Gasteiger charge is -2.34. The quantitative estimate of drug-likeness (QED) is 0.604. The number of aromatic nitrogens is 2. The van der Waals surface area contributed by atoms with Crippen LogP contribution in [0.25, 0.3) is 0 Å². The third kappa shape index (κ3) is 5.01. The van der Waals surface area contributed by atoms with E-state index in [0.29, 0.717) is 23.7 Å². The molecule has 1 fully saturated rings. The molecule has 0 radical (unpaired) electrons. The van der Waals surface area contributed by atoms with Gasteiger partial charge >= 0.3 is 0 Å². The second-order valence-electron chi connectivity index (χ2n) is 7.19. The highest BCUT2D eigenvalue weighted by atomic mass is 32.1. The monoisotopic (exact) mass is 426 g/mol. The molecule has 0 aliphatic carbocycles. The largest absolute Gasteiger partial charge is 0.486 e. The number of aryl methyl sites for hydroxylation is 1. The smallest absolute Gasteiger partial charge is 0.265 e. The van der Waals surface area contributed by atoms with Crippen molar-refractivity contribution in [2.24, 2.45) is 0 Å². The number of carbonyl (C=O) groups is 1. The number of halogens is 1. The summed E-state index contributed by atoms with van der Waals surface area (Å²) < 4.78 is 18.6. The molecule has 1 aromatic carbocycles. The second kappa shape index (κ2) is 9.32. The average Bonchev–Trinajstić information content (AvgIpc) is 3.14. The SMILES string of the molecule is Cc1nc(COc2ccc(F)cc2)sc1C(=O)N1CCN(Cc2cccnc2)CC1. The number of hydrogen-bond donors (Lipinski definition) is 0. The van der Waals surface area contributed by atoms with Gasteiger partial charge in [0.05, 0.1) is 5.69 Å². The van der Waals surface area contributed by atoms with E-state index in [-0.39, 0.29) is 18.3 Å². The molecule has 1 amide bonds. The van der Waals surface area contributed by atoms with Gasteiger partial charge in [-0.2, -0.15) is 0 Å². The number of piperazine rings is 1. The second-order valence-corrected chi connectivity index (χ2v) is 8.28. The molecule has 6 nitrogen and oxygen atoms in total. The Hall–Kier alpha value is -2.84. The molecular formula is C22H23FN4O2S. The standard InChI is InChI=1S/C22H23FN4O2S/c1-16-21(30-20(25-16)15-29-19-6-4-18(23)5-7-19)22(28)27-11-9-26(10-12-27)14-17-3-2-8-24-13-17/h2-8,13H,9-12,14-15H2,1H3. The lowest BCUT2D eigenvalue weighted by molar-refractivity contribution is 0.0632. The number of hydrogen-bond acceptors (Lipinski definition) is 6. The van der Waals surface area contributed by atoms with Crippen LogP contribution in [0.2, 0.25) is 0 Å². The van der Waals surface area contributed by atoms with Crippen LogP contribution >= 0.6 is 11.3 Å². The maximum atomic E-state index is 13.0. The van der Waals surface area contributed by atoms with E-state index in [1.807, 2.05) is 24.1 Å². The zero-order chi connectivity index (χ0) is 20.9. The van der Waals surface area contributed by atoms with Crippen molar-refractivity contribution in [3.05, 3.63) is 75.8 Å². The normalized spacial score (nSPS) is 14.7. The summed E-state index contributed by atoms with van der Waals surface area (Å²) in [5, 5.41) is 0.732. The van der Waals surface area contributed by atoms with Crippen molar-refractivity contribution < 1.29 is 13.9 Å². The van der Waals surface area contributed by atoms with E-state index in [9.17, 15) is 9.18 Å². The van der Waals surface area contributed by atoms with Gasteiger partial charge in [-0.15, -0.1) is 11.3 Å². The maximum Gasteiger partial charge on any atom is 0.265 e. The summed E-state index contributed by atoms with van der Waals surface area (Å²) in [5.41, 5.74) is 1.90. The van der Waals surface area contributed by atoms with Gasteiger partial charge in [-0.05, 0) is 42.8 Å². The number of ether oxygens (including phenoxy) is 1. The molecule has 0 N–H and O–H groups in total. The zero-order valence-corrected chi connectivity index (χ0v) is 17.6. The highest BCUT2D eigenvalue weighted by Gasteiger charge is 2.25. The third-order valence-corrected chi connectivity index (χ3v) is 6.12. The highest BCUT2D eigenvalue weighted by molar-refractivity contribution is 7.13. The van der Waals surface area contributed by atoms with Gasteiger partial charge in [-0.1, -0.05) is 6.07 Å². The summed E-state index contributed by atoms with van der Waals surface area (Å²) in [4.78, 5) is 26.5. The summed E-state index contributed by atoms with van der Waals surface area (Å²) >= 11 is 1.36. The molecule has 156 valence electrons. The minimum atomic E-state index is -0.305. The van der Waals surface area contributed by atoms with E-state index in [4.69, 9.17) is 4.74 Å². The van der Waals surface area contributed by atoms with Crippen molar-refractivity contribution in [3.8, 4) is 5.75 Å². The first kappa shape index (κ1) is 20.4. The molecule has 8 heteroatoms. The minimum absolute atomic E-state index is 0.0269. The molecular weight excluding hydrogens is 403 g/mol. The van der Waals surface area contributed by atoms with Gasteiger partial charge < -0.3 is 9.64 Å². The Kier molecular flexibility index (Phi) is 6.35. The lowest BCUT2D eigenvalue weighted by atomic mass is 10.2. The van der Waals surface area contributed by atoms with E-state index in [2.05, 4.69) is 20.9 Å². The number of carbonyl (C=O) groups excluding carboxylic acids is 1.